The Bertz CT molecular complexity index is 500. The Morgan fingerprint density at radius 1 is 1.44 bits per heavy atom. The maximum absolute atomic E-state index is 11.5. The van der Waals surface area contributed by atoms with E-state index in [1.54, 1.807) is 13.8 Å². The molecule has 1 aromatic rings. The summed E-state index contributed by atoms with van der Waals surface area (Å²) in [6.07, 6.45) is 2.93. The predicted molar refractivity (Wildman–Crippen MR) is 67.6 cm³/mol. The zero-order valence-corrected chi connectivity index (χ0v) is 10.8. The van der Waals surface area contributed by atoms with Crippen LogP contribution in [-0.2, 0) is 6.54 Å². The van der Waals surface area contributed by atoms with Gasteiger partial charge in [0.15, 0.2) is 0 Å². The second kappa shape index (κ2) is 5.97. The smallest absolute Gasteiger partial charge is 0.328 e. The number of aromatic amines is 1. The summed E-state index contributed by atoms with van der Waals surface area (Å²) in [7, 11) is 0. The lowest BCUT2D eigenvalue weighted by atomic mass is 9.96. The van der Waals surface area contributed by atoms with Crippen LogP contribution in [0.2, 0.25) is 0 Å². The maximum Gasteiger partial charge on any atom is 0.328 e. The molecule has 0 saturated carbocycles. The number of aromatic nitrogens is 2. The molecule has 102 valence electrons. The molecule has 0 radical (unpaired) electrons. The van der Waals surface area contributed by atoms with Crippen LogP contribution in [-0.4, -0.2) is 32.0 Å². The summed E-state index contributed by atoms with van der Waals surface area (Å²) in [5, 5.41) is 18.9. The first-order valence-corrected chi connectivity index (χ1v) is 6.05. The molecule has 0 saturated heterocycles. The van der Waals surface area contributed by atoms with Crippen LogP contribution >= 0.6 is 0 Å². The van der Waals surface area contributed by atoms with Crippen LogP contribution in [0.15, 0.2) is 15.8 Å². The summed E-state index contributed by atoms with van der Waals surface area (Å²) < 4.78 is 1.41. The average Bonchev–Trinajstić information content (AvgIpc) is 2.35. The van der Waals surface area contributed by atoms with Crippen LogP contribution in [0.25, 0.3) is 0 Å². The van der Waals surface area contributed by atoms with E-state index in [0.717, 1.165) is 0 Å². The molecule has 6 heteroatoms. The van der Waals surface area contributed by atoms with Gasteiger partial charge in [0.05, 0.1) is 12.2 Å². The van der Waals surface area contributed by atoms with Gasteiger partial charge in [0.1, 0.15) is 0 Å². The van der Waals surface area contributed by atoms with Gasteiger partial charge >= 0.3 is 5.69 Å². The lowest BCUT2D eigenvalue weighted by molar-refractivity contribution is -0.0263. The van der Waals surface area contributed by atoms with Crippen molar-refractivity contribution in [2.75, 3.05) is 6.61 Å². The van der Waals surface area contributed by atoms with E-state index in [1.165, 1.54) is 10.8 Å². The van der Waals surface area contributed by atoms with Crippen LogP contribution in [0, 0.1) is 6.92 Å². The van der Waals surface area contributed by atoms with Crippen molar-refractivity contribution < 1.29 is 10.2 Å². The van der Waals surface area contributed by atoms with Crippen LogP contribution in [0.1, 0.15) is 31.7 Å². The van der Waals surface area contributed by atoms with Gasteiger partial charge in [-0.05, 0) is 26.2 Å². The molecule has 0 spiro atoms. The van der Waals surface area contributed by atoms with E-state index >= 15 is 0 Å². The molecule has 0 aromatic carbocycles. The zero-order chi connectivity index (χ0) is 13.8. The van der Waals surface area contributed by atoms with E-state index in [4.69, 9.17) is 5.11 Å². The van der Waals surface area contributed by atoms with Crippen molar-refractivity contribution >= 4 is 0 Å². The Balaban J connectivity index is 2.68. The lowest BCUT2D eigenvalue weighted by Crippen LogP contribution is -2.34. The summed E-state index contributed by atoms with van der Waals surface area (Å²) in [5.41, 5.74) is -1.44. The molecule has 0 aliphatic carbocycles. The van der Waals surface area contributed by atoms with Gasteiger partial charge in [-0.1, -0.05) is 6.92 Å². The van der Waals surface area contributed by atoms with Crippen LogP contribution in [0.5, 0.6) is 0 Å². The summed E-state index contributed by atoms with van der Waals surface area (Å²) in [4.78, 5) is 24.9. The van der Waals surface area contributed by atoms with Gasteiger partial charge in [0.25, 0.3) is 5.56 Å². The van der Waals surface area contributed by atoms with Crippen molar-refractivity contribution in [3.63, 3.8) is 0 Å². The van der Waals surface area contributed by atoms with Gasteiger partial charge in [-0.15, -0.1) is 0 Å². The van der Waals surface area contributed by atoms with Gasteiger partial charge in [-0.25, -0.2) is 4.79 Å². The molecule has 6 nitrogen and oxygen atoms in total. The molecule has 0 fully saturated rings. The van der Waals surface area contributed by atoms with Crippen molar-refractivity contribution in [2.45, 2.75) is 45.3 Å². The number of nitrogens with zero attached hydrogens (tertiary/aromatic N) is 1. The molecule has 1 rings (SSSR count). The van der Waals surface area contributed by atoms with Crippen LogP contribution in [0.3, 0.4) is 0 Å². The van der Waals surface area contributed by atoms with Gasteiger partial charge in [-0.3, -0.25) is 9.78 Å². The van der Waals surface area contributed by atoms with E-state index in [1.807, 2.05) is 0 Å². The minimum absolute atomic E-state index is 0.289. The number of nitrogens with one attached hydrogen (secondary N) is 1. The third-order valence-electron chi connectivity index (χ3n) is 3.18. The highest BCUT2D eigenvalue weighted by Crippen LogP contribution is 2.16. The molecule has 1 heterocycles. The number of aliphatic hydroxyl groups is 2. The first kappa shape index (κ1) is 14.7. The SMILES string of the molecule is CC[C@@](O)(CO)CCCn1cc(C)c(=O)[nH]c1=O. The monoisotopic (exact) mass is 256 g/mol. The minimum atomic E-state index is -1.08. The summed E-state index contributed by atoms with van der Waals surface area (Å²) in [5.74, 6) is 0. The van der Waals surface area contributed by atoms with Crippen LogP contribution < -0.4 is 11.2 Å². The van der Waals surface area contributed by atoms with Crippen LogP contribution in [0.4, 0.5) is 0 Å². The summed E-state index contributed by atoms with van der Waals surface area (Å²) in [6, 6.07) is 0. The lowest BCUT2D eigenvalue weighted by Gasteiger charge is -2.24. The fourth-order valence-electron chi connectivity index (χ4n) is 1.73. The normalized spacial score (nSPS) is 14.4. The summed E-state index contributed by atoms with van der Waals surface area (Å²) >= 11 is 0. The highest BCUT2D eigenvalue weighted by Gasteiger charge is 2.22. The van der Waals surface area contributed by atoms with Gasteiger partial charge in [-0.2, -0.15) is 0 Å². The van der Waals surface area contributed by atoms with Crippen molar-refractivity contribution in [3.8, 4) is 0 Å². The molecule has 0 unspecified atom stereocenters. The van der Waals surface area contributed by atoms with E-state index in [-0.39, 0.29) is 12.2 Å². The number of aliphatic hydroxyl groups excluding tert-OH is 1. The maximum atomic E-state index is 11.5. The second-order valence-electron chi connectivity index (χ2n) is 4.60. The second-order valence-corrected chi connectivity index (χ2v) is 4.60. The van der Waals surface area contributed by atoms with E-state index < -0.39 is 11.3 Å². The number of hydrogen-bond donors (Lipinski definition) is 3. The molecule has 0 bridgehead atoms. The van der Waals surface area contributed by atoms with Crippen molar-refractivity contribution in [1.82, 2.24) is 9.55 Å². The molecular formula is C12H20N2O4. The van der Waals surface area contributed by atoms with Gasteiger partial charge in [0, 0.05) is 18.3 Å². The highest BCUT2D eigenvalue weighted by molar-refractivity contribution is 5.00. The fraction of sp³-hybridized carbons (Fsp3) is 0.667. The molecule has 3 N–H and O–H groups in total. The highest BCUT2D eigenvalue weighted by atomic mass is 16.3. The van der Waals surface area contributed by atoms with E-state index in [9.17, 15) is 14.7 Å². The molecule has 0 aliphatic rings. The van der Waals surface area contributed by atoms with Crippen molar-refractivity contribution in [1.29, 1.82) is 0 Å². The Morgan fingerprint density at radius 3 is 2.67 bits per heavy atom. The van der Waals surface area contributed by atoms with Gasteiger partial charge < -0.3 is 14.8 Å². The first-order valence-electron chi connectivity index (χ1n) is 6.05. The minimum Gasteiger partial charge on any atom is -0.393 e. The fourth-order valence-corrected chi connectivity index (χ4v) is 1.73. The average molecular weight is 256 g/mol. The Hall–Kier alpha value is -1.40. The van der Waals surface area contributed by atoms with Gasteiger partial charge in [0.2, 0.25) is 0 Å². The molecular weight excluding hydrogens is 236 g/mol. The van der Waals surface area contributed by atoms with Crippen molar-refractivity contribution in [2.24, 2.45) is 0 Å². The number of hydrogen-bond acceptors (Lipinski definition) is 4. The molecule has 0 amide bonds. The van der Waals surface area contributed by atoms with E-state index in [2.05, 4.69) is 4.98 Å². The topological polar surface area (TPSA) is 95.3 Å². The number of rotatable bonds is 6. The third kappa shape index (κ3) is 3.54. The van der Waals surface area contributed by atoms with Crippen molar-refractivity contribution in [3.05, 3.63) is 32.6 Å². The van der Waals surface area contributed by atoms with E-state index in [0.29, 0.717) is 31.4 Å². The quantitative estimate of drug-likeness (QED) is 0.654. The Kier molecular flexibility index (Phi) is 4.86. The standard InChI is InChI=1S/C12H20N2O4/c1-3-12(18,8-15)5-4-6-14-7-9(2)10(16)13-11(14)17/h7,15,18H,3-6,8H2,1-2H3,(H,13,16,17)/t12-/m0/s1. The first-order chi connectivity index (χ1) is 8.41. The molecule has 1 aromatic heterocycles. The number of H-pyrrole nitrogens is 1. The Morgan fingerprint density at radius 2 is 2.11 bits per heavy atom. The number of aryl methyl sites for hydroxylation is 2. The third-order valence-corrected chi connectivity index (χ3v) is 3.18. The largest absolute Gasteiger partial charge is 0.393 e. The Labute approximate surface area is 105 Å². The zero-order valence-electron chi connectivity index (χ0n) is 10.8. The summed E-state index contributed by atoms with van der Waals surface area (Å²) in [6.45, 7) is 3.54. The molecule has 1 atom stereocenters. The molecule has 18 heavy (non-hydrogen) atoms. The molecule has 0 aliphatic heterocycles. The predicted octanol–water partition coefficient (Wildman–Crippen LogP) is -0.241.